The average Bonchev–Trinajstić information content (AvgIpc) is 2.87. The van der Waals surface area contributed by atoms with Gasteiger partial charge in [0.1, 0.15) is 0 Å². The molecule has 120 valence electrons. The normalized spacial score (nSPS) is 10.8. The van der Waals surface area contributed by atoms with Gasteiger partial charge >= 0.3 is 0 Å². The van der Waals surface area contributed by atoms with Crippen molar-refractivity contribution in [3.63, 3.8) is 0 Å². The van der Waals surface area contributed by atoms with E-state index in [1.807, 2.05) is 32.0 Å². The predicted molar refractivity (Wildman–Crippen MR) is 91.6 cm³/mol. The van der Waals surface area contributed by atoms with Gasteiger partial charge in [0.25, 0.3) is 0 Å². The van der Waals surface area contributed by atoms with Crippen molar-refractivity contribution in [2.24, 2.45) is 11.8 Å². The molecule has 0 unspecified atom stereocenters. The molecule has 0 aliphatic carbocycles. The van der Waals surface area contributed by atoms with Crippen LogP contribution in [0.25, 0.3) is 10.4 Å². The number of nitrogens with zero attached hydrogens (tertiary/aromatic N) is 1. The van der Waals surface area contributed by atoms with Crippen LogP contribution in [0.1, 0.15) is 26.5 Å². The van der Waals surface area contributed by atoms with Crippen LogP contribution in [0.2, 0.25) is 0 Å². The van der Waals surface area contributed by atoms with Gasteiger partial charge in [-0.15, -0.1) is 0 Å². The van der Waals surface area contributed by atoms with Gasteiger partial charge in [0.15, 0.2) is 16.6 Å². The number of aryl methyl sites for hydroxylation is 1. The second kappa shape index (κ2) is 7.47. The number of aromatic nitrogens is 1. The second-order valence-electron chi connectivity index (χ2n) is 5.38. The van der Waals surface area contributed by atoms with Crippen molar-refractivity contribution >= 4 is 16.5 Å². The first-order valence-electron chi connectivity index (χ1n) is 7.39. The van der Waals surface area contributed by atoms with Crippen LogP contribution in [0.3, 0.4) is 0 Å². The van der Waals surface area contributed by atoms with Gasteiger partial charge in [0, 0.05) is 0 Å². The predicted octanol–water partition coefficient (Wildman–Crippen LogP) is 3.84. The highest BCUT2D eigenvalue weighted by Crippen LogP contribution is 2.37. The van der Waals surface area contributed by atoms with Crippen molar-refractivity contribution in [3.8, 4) is 21.9 Å². The van der Waals surface area contributed by atoms with Gasteiger partial charge < -0.3 is 9.47 Å². The van der Waals surface area contributed by atoms with Crippen LogP contribution >= 0.6 is 11.3 Å². The smallest absolute Gasteiger partial charge is 0.197 e. The highest BCUT2D eigenvalue weighted by atomic mass is 32.1. The number of thiazole rings is 1. The summed E-state index contributed by atoms with van der Waals surface area (Å²) >= 11 is 1.52. The van der Waals surface area contributed by atoms with Crippen LogP contribution in [0.4, 0.5) is 5.13 Å². The lowest BCUT2D eigenvalue weighted by molar-refractivity contribution is 0.248. The van der Waals surface area contributed by atoms with Crippen LogP contribution in [0, 0.1) is 12.8 Å². The first-order valence-corrected chi connectivity index (χ1v) is 8.20. The fourth-order valence-electron chi connectivity index (χ4n) is 2.02. The molecule has 6 heteroatoms. The Balaban J connectivity index is 2.33. The van der Waals surface area contributed by atoms with E-state index in [0.717, 1.165) is 27.6 Å². The molecule has 0 saturated heterocycles. The first kappa shape index (κ1) is 16.6. The molecule has 5 nitrogen and oxygen atoms in total. The fourth-order valence-corrected chi connectivity index (χ4v) is 2.89. The number of nitrogens with two attached hydrogens (primary N) is 1. The van der Waals surface area contributed by atoms with Crippen molar-refractivity contribution in [3.05, 3.63) is 23.9 Å². The third kappa shape index (κ3) is 3.90. The molecule has 0 radical (unpaired) electrons. The number of nitrogen functional groups attached to an aromatic ring is 1. The van der Waals surface area contributed by atoms with Gasteiger partial charge in [0.2, 0.25) is 0 Å². The van der Waals surface area contributed by atoms with Crippen LogP contribution < -0.4 is 20.7 Å². The van der Waals surface area contributed by atoms with Crippen LogP contribution in [-0.4, -0.2) is 18.2 Å². The quantitative estimate of drug-likeness (QED) is 0.599. The monoisotopic (exact) mass is 321 g/mol. The molecule has 0 fully saturated rings. The maximum Gasteiger partial charge on any atom is 0.197 e. The molecule has 0 bridgehead atoms. The van der Waals surface area contributed by atoms with Gasteiger partial charge in [-0.2, -0.15) is 0 Å². The SMILES string of the molecule is CCOc1cc(-c2sc(NN)nc2C)ccc1OCC(C)C. The van der Waals surface area contributed by atoms with E-state index in [0.29, 0.717) is 24.3 Å². The lowest BCUT2D eigenvalue weighted by atomic mass is 10.1. The molecule has 1 heterocycles. The minimum Gasteiger partial charge on any atom is -0.490 e. The lowest BCUT2D eigenvalue weighted by Gasteiger charge is -2.14. The van der Waals surface area contributed by atoms with Gasteiger partial charge in [-0.1, -0.05) is 25.2 Å². The standard InChI is InChI=1S/C16H23N3O2S/c1-5-20-14-8-12(6-7-13(14)21-9-10(2)3)15-11(4)18-16(19-17)22-15/h6-8,10H,5,9,17H2,1-4H3,(H,18,19). The molecular formula is C16H23N3O2S. The molecule has 1 aromatic heterocycles. The Morgan fingerprint density at radius 3 is 2.64 bits per heavy atom. The van der Waals surface area contributed by atoms with Gasteiger partial charge in [0.05, 0.1) is 23.8 Å². The largest absolute Gasteiger partial charge is 0.490 e. The number of hydrogen-bond donors (Lipinski definition) is 2. The van der Waals surface area contributed by atoms with E-state index >= 15 is 0 Å². The summed E-state index contributed by atoms with van der Waals surface area (Å²) in [4.78, 5) is 5.45. The highest BCUT2D eigenvalue weighted by molar-refractivity contribution is 7.19. The number of rotatable bonds is 7. The number of hydrazine groups is 1. The topological polar surface area (TPSA) is 69.4 Å². The summed E-state index contributed by atoms with van der Waals surface area (Å²) in [5.41, 5.74) is 4.59. The molecule has 3 N–H and O–H groups in total. The first-order chi connectivity index (χ1) is 10.5. The maximum absolute atomic E-state index is 5.83. The average molecular weight is 321 g/mol. The third-order valence-corrected chi connectivity index (χ3v) is 4.14. The molecule has 2 aromatic rings. The van der Waals surface area contributed by atoms with Gasteiger partial charge in [-0.3, -0.25) is 5.43 Å². The summed E-state index contributed by atoms with van der Waals surface area (Å²) in [6.07, 6.45) is 0. The van der Waals surface area contributed by atoms with Crippen LogP contribution in [0.5, 0.6) is 11.5 Å². The van der Waals surface area contributed by atoms with E-state index in [1.165, 1.54) is 11.3 Å². The summed E-state index contributed by atoms with van der Waals surface area (Å²) in [6.45, 7) is 9.44. The molecule has 0 saturated carbocycles. The van der Waals surface area contributed by atoms with Crippen molar-refractivity contribution in [1.82, 2.24) is 4.98 Å². The number of anilines is 1. The summed E-state index contributed by atoms with van der Waals surface area (Å²) in [7, 11) is 0. The summed E-state index contributed by atoms with van der Waals surface area (Å²) in [5.74, 6) is 7.44. The minimum atomic E-state index is 0.469. The van der Waals surface area contributed by atoms with Crippen molar-refractivity contribution in [2.45, 2.75) is 27.7 Å². The lowest BCUT2D eigenvalue weighted by Crippen LogP contribution is -2.06. The third-order valence-electron chi connectivity index (χ3n) is 3.00. The van der Waals surface area contributed by atoms with Crippen LogP contribution in [0.15, 0.2) is 18.2 Å². The highest BCUT2D eigenvalue weighted by Gasteiger charge is 2.13. The summed E-state index contributed by atoms with van der Waals surface area (Å²) in [5, 5.41) is 0.700. The van der Waals surface area contributed by atoms with Crippen LogP contribution in [-0.2, 0) is 0 Å². The van der Waals surface area contributed by atoms with E-state index in [-0.39, 0.29) is 0 Å². The second-order valence-corrected chi connectivity index (χ2v) is 6.38. The van der Waals surface area contributed by atoms with Crippen molar-refractivity contribution in [1.29, 1.82) is 0 Å². The Morgan fingerprint density at radius 1 is 1.27 bits per heavy atom. The van der Waals surface area contributed by atoms with E-state index < -0.39 is 0 Å². The molecule has 0 atom stereocenters. The molecule has 0 amide bonds. The van der Waals surface area contributed by atoms with E-state index in [9.17, 15) is 0 Å². The Kier molecular flexibility index (Phi) is 5.63. The Morgan fingerprint density at radius 2 is 2.05 bits per heavy atom. The Bertz CT molecular complexity index is 626. The maximum atomic E-state index is 5.83. The van der Waals surface area contributed by atoms with E-state index in [1.54, 1.807) is 0 Å². The number of nitrogens with one attached hydrogen (secondary N) is 1. The summed E-state index contributed by atoms with van der Waals surface area (Å²) in [6, 6.07) is 5.98. The van der Waals surface area contributed by atoms with E-state index in [2.05, 4.69) is 24.3 Å². The number of ether oxygens (including phenoxy) is 2. The van der Waals surface area contributed by atoms with E-state index in [4.69, 9.17) is 15.3 Å². The van der Waals surface area contributed by atoms with Crippen molar-refractivity contribution < 1.29 is 9.47 Å². The Labute approximate surface area is 135 Å². The van der Waals surface area contributed by atoms with Crippen molar-refractivity contribution in [2.75, 3.05) is 18.6 Å². The van der Waals surface area contributed by atoms with Gasteiger partial charge in [-0.25, -0.2) is 10.8 Å². The molecule has 0 aliphatic rings. The number of hydrogen-bond acceptors (Lipinski definition) is 6. The zero-order chi connectivity index (χ0) is 16.1. The minimum absolute atomic E-state index is 0.469. The molecule has 22 heavy (non-hydrogen) atoms. The molecular weight excluding hydrogens is 298 g/mol. The summed E-state index contributed by atoms with van der Waals surface area (Å²) < 4.78 is 11.6. The Hall–Kier alpha value is -1.79. The number of benzene rings is 1. The molecule has 2 rings (SSSR count). The molecule has 0 spiro atoms. The zero-order valence-electron chi connectivity index (χ0n) is 13.5. The molecule has 0 aliphatic heterocycles. The molecule has 1 aromatic carbocycles. The van der Waals surface area contributed by atoms with Gasteiger partial charge in [-0.05, 0) is 43.5 Å². The zero-order valence-corrected chi connectivity index (χ0v) is 14.3. The fraction of sp³-hybridized carbons (Fsp3) is 0.438.